The van der Waals surface area contributed by atoms with Crippen molar-refractivity contribution in [3.8, 4) is 22.6 Å². The molecular weight excluding hydrogens is 328 g/mol. The highest BCUT2D eigenvalue weighted by molar-refractivity contribution is 5.85. The van der Waals surface area contributed by atoms with Crippen molar-refractivity contribution in [2.45, 2.75) is 27.7 Å². The molecule has 0 aliphatic rings. The monoisotopic (exact) mass is 354 g/mol. The smallest absolute Gasteiger partial charge is 0.165 e. The summed E-state index contributed by atoms with van der Waals surface area (Å²) in [6.07, 6.45) is 0. The zero-order valence-corrected chi connectivity index (χ0v) is 16.3. The van der Waals surface area contributed by atoms with Crippen molar-refractivity contribution in [3.05, 3.63) is 35.7 Å². The lowest BCUT2D eigenvalue weighted by Crippen LogP contribution is -2.25. The first kappa shape index (κ1) is 18.0. The Balaban J connectivity index is 2.30. The minimum atomic E-state index is 0.745. The van der Waals surface area contributed by atoms with Crippen LogP contribution in [0.3, 0.4) is 0 Å². The second kappa shape index (κ2) is 7.23. The molecule has 0 saturated carbocycles. The molecule has 1 aromatic carbocycles. The number of hydrogen-bond donors (Lipinski definition) is 0. The number of benzene rings is 1. The van der Waals surface area contributed by atoms with Gasteiger partial charge in [0.2, 0.25) is 0 Å². The summed E-state index contributed by atoms with van der Waals surface area (Å²) < 4.78 is 12.9. The van der Waals surface area contributed by atoms with E-state index in [1.807, 2.05) is 36.6 Å². The minimum Gasteiger partial charge on any atom is -0.497 e. The van der Waals surface area contributed by atoms with Gasteiger partial charge in [0.25, 0.3) is 0 Å². The summed E-state index contributed by atoms with van der Waals surface area (Å²) in [4.78, 5) is 7.07. The summed E-state index contributed by atoms with van der Waals surface area (Å²) in [6.45, 7) is 10.1. The summed E-state index contributed by atoms with van der Waals surface area (Å²) in [7, 11) is 3.32. The lowest BCUT2D eigenvalue weighted by atomic mass is 10.0. The molecule has 3 rings (SSSR count). The molecule has 2 aromatic heterocycles. The summed E-state index contributed by atoms with van der Waals surface area (Å²) >= 11 is 0. The number of anilines is 1. The Labute approximate surface area is 154 Å². The standard InChI is InChI=1S/C20H26N4O2/c1-7-23(8-2)18-11-13(3)21-20-19(14(4)22-24(18)20)16-10-9-15(25-5)12-17(16)26-6/h9-12H,7-8H2,1-6H3. The molecule has 6 heteroatoms. The van der Waals surface area contributed by atoms with Crippen molar-refractivity contribution in [1.82, 2.24) is 14.6 Å². The van der Waals surface area contributed by atoms with E-state index in [2.05, 4.69) is 24.8 Å². The van der Waals surface area contributed by atoms with Gasteiger partial charge in [0.05, 0.1) is 25.5 Å². The number of ether oxygens (including phenoxy) is 2. The van der Waals surface area contributed by atoms with Crippen LogP contribution in [-0.2, 0) is 0 Å². The Morgan fingerprint density at radius 3 is 2.38 bits per heavy atom. The second-order valence-electron chi connectivity index (χ2n) is 6.19. The van der Waals surface area contributed by atoms with Crippen LogP contribution in [0.2, 0.25) is 0 Å². The lowest BCUT2D eigenvalue weighted by molar-refractivity contribution is 0.395. The zero-order valence-electron chi connectivity index (χ0n) is 16.3. The quantitative estimate of drug-likeness (QED) is 0.672. The maximum Gasteiger partial charge on any atom is 0.165 e. The van der Waals surface area contributed by atoms with Crippen molar-refractivity contribution < 1.29 is 9.47 Å². The Morgan fingerprint density at radius 2 is 1.77 bits per heavy atom. The Hall–Kier alpha value is -2.76. The molecule has 0 amide bonds. The molecule has 0 bridgehead atoms. The molecule has 0 spiro atoms. The number of nitrogens with zero attached hydrogens (tertiary/aromatic N) is 4. The van der Waals surface area contributed by atoms with E-state index in [0.717, 1.165) is 58.6 Å². The Bertz CT molecular complexity index is 929. The van der Waals surface area contributed by atoms with Crippen molar-refractivity contribution >= 4 is 11.5 Å². The van der Waals surface area contributed by atoms with Gasteiger partial charge in [-0.05, 0) is 39.8 Å². The Kier molecular flexibility index (Phi) is 5.02. The number of rotatable bonds is 6. The van der Waals surface area contributed by atoms with Crippen molar-refractivity contribution in [2.24, 2.45) is 0 Å². The summed E-state index contributed by atoms with van der Waals surface area (Å²) in [5, 5.41) is 4.79. The summed E-state index contributed by atoms with van der Waals surface area (Å²) in [6, 6.07) is 7.91. The van der Waals surface area contributed by atoms with Crippen LogP contribution >= 0.6 is 0 Å². The predicted octanol–water partition coefficient (Wildman–Crippen LogP) is 3.88. The van der Waals surface area contributed by atoms with Crippen LogP contribution in [0.5, 0.6) is 11.5 Å². The molecule has 0 unspecified atom stereocenters. The summed E-state index contributed by atoms with van der Waals surface area (Å²) in [5.41, 5.74) is 4.67. The first-order chi connectivity index (χ1) is 12.5. The number of methoxy groups -OCH3 is 2. The fourth-order valence-corrected chi connectivity index (χ4v) is 3.32. The van der Waals surface area contributed by atoms with Crippen LogP contribution < -0.4 is 14.4 Å². The van der Waals surface area contributed by atoms with Crippen LogP contribution in [0.4, 0.5) is 5.82 Å². The molecule has 6 nitrogen and oxygen atoms in total. The van der Waals surface area contributed by atoms with E-state index in [0.29, 0.717) is 0 Å². The van der Waals surface area contributed by atoms with E-state index in [1.165, 1.54) is 0 Å². The van der Waals surface area contributed by atoms with E-state index in [4.69, 9.17) is 19.6 Å². The molecule has 0 radical (unpaired) electrons. The van der Waals surface area contributed by atoms with Crippen LogP contribution in [0, 0.1) is 13.8 Å². The van der Waals surface area contributed by atoms with Gasteiger partial charge < -0.3 is 14.4 Å². The maximum absolute atomic E-state index is 5.61. The van der Waals surface area contributed by atoms with Gasteiger partial charge in [-0.25, -0.2) is 4.98 Å². The van der Waals surface area contributed by atoms with Gasteiger partial charge in [0, 0.05) is 36.5 Å². The lowest BCUT2D eigenvalue weighted by Gasteiger charge is -2.22. The van der Waals surface area contributed by atoms with Gasteiger partial charge in [-0.1, -0.05) is 0 Å². The molecule has 0 aliphatic carbocycles. The molecule has 3 aromatic rings. The average Bonchev–Trinajstić information content (AvgIpc) is 2.97. The van der Waals surface area contributed by atoms with Crippen LogP contribution in [-0.4, -0.2) is 41.9 Å². The van der Waals surface area contributed by atoms with Crippen molar-refractivity contribution in [3.63, 3.8) is 0 Å². The topological polar surface area (TPSA) is 51.9 Å². The first-order valence-electron chi connectivity index (χ1n) is 8.88. The van der Waals surface area contributed by atoms with E-state index in [-0.39, 0.29) is 0 Å². The number of aryl methyl sites for hydroxylation is 2. The highest BCUT2D eigenvalue weighted by Gasteiger charge is 2.20. The van der Waals surface area contributed by atoms with Gasteiger partial charge in [0.1, 0.15) is 17.3 Å². The third-order valence-corrected chi connectivity index (χ3v) is 4.64. The van der Waals surface area contributed by atoms with E-state index < -0.39 is 0 Å². The number of fused-ring (bicyclic) bond motifs is 1. The normalized spacial score (nSPS) is 11.0. The molecule has 0 fully saturated rings. The first-order valence-corrected chi connectivity index (χ1v) is 8.88. The highest BCUT2D eigenvalue weighted by atomic mass is 16.5. The SMILES string of the molecule is CCN(CC)c1cc(C)nc2c(-c3ccc(OC)cc3OC)c(C)nn12. The fraction of sp³-hybridized carbons (Fsp3) is 0.400. The number of aromatic nitrogens is 3. The van der Waals surface area contributed by atoms with Gasteiger partial charge in [-0.2, -0.15) is 9.61 Å². The number of hydrogen-bond acceptors (Lipinski definition) is 5. The molecule has 2 heterocycles. The minimum absolute atomic E-state index is 0.745. The molecule has 0 aliphatic heterocycles. The zero-order chi connectivity index (χ0) is 18.8. The molecule has 138 valence electrons. The van der Waals surface area contributed by atoms with Crippen LogP contribution in [0.25, 0.3) is 16.8 Å². The fourth-order valence-electron chi connectivity index (χ4n) is 3.32. The van der Waals surface area contributed by atoms with Gasteiger partial charge in [-0.3, -0.25) is 0 Å². The van der Waals surface area contributed by atoms with Gasteiger partial charge >= 0.3 is 0 Å². The largest absolute Gasteiger partial charge is 0.497 e. The predicted molar refractivity (Wildman–Crippen MR) is 105 cm³/mol. The Morgan fingerprint density at radius 1 is 1.04 bits per heavy atom. The maximum atomic E-state index is 5.61. The average molecular weight is 354 g/mol. The highest BCUT2D eigenvalue weighted by Crippen LogP contribution is 2.38. The van der Waals surface area contributed by atoms with Gasteiger partial charge in [-0.15, -0.1) is 0 Å². The molecule has 0 N–H and O–H groups in total. The van der Waals surface area contributed by atoms with E-state index >= 15 is 0 Å². The third kappa shape index (κ3) is 2.96. The third-order valence-electron chi connectivity index (χ3n) is 4.64. The molecular formula is C20H26N4O2. The van der Waals surface area contributed by atoms with Crippen LogP contribution in [0.15, 0.2) is 24.3 Å². The van der Waals surface area contributed by atoms with E-state index in [9.17, 15) is 0 Å². The van der Waals surface area contributed by atoms with Gasteiger partial charge in [0.15, 0.2) is 5.65 Å². The summed E-state index contributed by atoms with van der Waals surface area (Å²) in [5.74, 6) is 2.56. The van der Waals surface area contributed by atoms with Crippen molar-refractivity contribution in [2.75, 3.05) is 32.2 Å². The molecule has 0 saturated heterocycles. The van der Waals surface area contributed by atoms with Crippen molar-refractivity contribution in [1.29, 1.82) is 0 Å². The molecule has 26 heavy (non-hydrogen) atoms. The second-order valence-corrected chi connectivity index (χ2v) is 6.19. The van der Waals surface area contributed by atoms with Crippen LogP contribution in [0.1, 0.15) is 25.2 Å². The molecule has 0 atom stereocenters. The van der Waals surface area contributed by atoms with E-state index in [1.54, 1.807) is 14.2 Å².